The van der Waals surface area contributed by atoms with Crippen LogP contribution in [0.15, 0.2) is 12.5 Å². The van der Waals surface area contributed by atoms with E-state index in [2.05, 4.69) is 15.0 Å². The van der Waals surface area contributed by atoms with E-state index in [0.717, 1.165) is 0 Å². The second kappa shape index (κ2) is 6.48. The van der Waals surface area contributed by atoms with Crippen LogP contribution in [0.1, 0.15) is 6.42 Å². The third-order valence-electron chi connectivity index (χ3n) is 2.67. The Bertz CT molecular complexity index is 500. The fraction of sp³-hybridized carbons (Fsp3) is 0.500. The van der Waals surface area contributed by atoms with Crippen LogP contribution in [-0.2, 0) is 6.54 Å². The molecule has 18 heavy (non-hydrogen) atoms. The molecule has 8 heteroatoms. The summed E-state index contributed by atoms with van der Waals surface area (Å²) in [6.45, 7) is 0.569. The van der Waals surface area contributed by atoms with Gasteiger partial charge in [0.15, 0.2) is 5.65 Å². The minimum absolute atomic E-state index is 0. The smallest absolute Gasteiger partial charge is 0.222 e. The quantitative estimate of drug-likeness (QED) is 0.697. The van der Waals surface area contributed by atoms with Gasteiger partial charge < -0.3 is 20.5 Å². The molecule has 0 aliphatic heterocycles. The van der Waals surface area contributed by atoms with Gasteiger partial charge in [0.1, 0.15) is 5.52 Å². The zero-order valence-electron chi connectivity index (χ0n) is 9.73. The molecule has 0 aliphatic rings. The van der Waals surface area contributed by atoms with E-state index in [0.29, 0.717) is 24.1 Å². The molecule has 2 rings (SSSR count). The number of nitrogens with two attached hydrogens (primary N) is 1. The Morgan fingerprint density at radius 3 is 2.67 bits per heavy atom. The summed E-state index contributed by atoms with van der Waals surface area (Å²) in [5.41, 5.74) is 6.87. The lowest BCUT2D eigenvalue weighted by molar-refractivity contribution is 0.140. The first-order valence-electron chi connectivity index (χ1n) is 5.39. The minimum Gasteiger partial charge on any atom is -0.396 e. The monoisotopic (exact) mass is 273 g/mol. The van der Waals surface area contributed by atoms with Gasteiger partial charge in [-0.05, 0) is 6.42 Å². The molecule has 0 unspecified atom stereocenters. The van der Waals surface area contributed by atoms with Crippen LogP contribution in [0.3, 0.4) is 0 Å². The van der Waals surface area contributed by atoms with E-state index in [4.69, 9.17) is 15.9 Å². The maximum absolute atomic E-state index is 8.98. The van der Waals surface area contributed by atoms with Crippen molar-refractivity contribution < 1.29 is 10.2 Å². The average molecular weight is 274 g/mol. The first kappa shape index (κ1) is 14.6. The van der Waals surface area contributed by atoms with Crippen LogP contribution in [-0.4, -0.2) is 42.9 Å². The zero-order valence-corrected chi connectivity index (χ0v) is 10.5. The molecular formula is C10H16ClN5O2. The highest BCUT2D eigenvalue weighted by Gasteiger charge is 2.09. The number of rotatable bonds is 5. The first-order valence-corrected chi connectivity index (χ1v) is 5.39. The van der Waals surface area contributed by atoms with Crippen molar-refractivity contribution in [2.75, 3.05) is 18.9 Å². The molecule has 0 saturated carbocycles. The van der Waals surface area contributed by atoms with Crippen LogP contribution < -0.4 is 5.73 Å². The van der Waals surface area contributed by atoms with Crippen molar-refractivity contribution >= 4 is 29.5 Å². The molecule has 0 aliphatic carbocycles. The summed E-state index contributed by atoms with van der Waals surface area (Å²) in [5, 5.41) is 18.0. The molecule has 0 aromatic carbocycles. The van der Waals surface area contributed by atoms with Gasteiger partial charge >= 0.3 is 0 Å². The number of aromatic nitrogens is 4. The van der Waals surface area contributed by atoms with Gasteiger partial charge in [-0.15, -0.1) is 12.4 Å². The van der Waals surface area contributed by atoms with E-state index in [1.165, 1.54) is 0 Å². The maximum Gasteiger partial charge on any atom is 0.222 e. The number of aliphatic hydroxyl groups excluding tert-OH is 2. The number of hydrogen-bond acceptors (Lipinski definition) is 6. The molecule has 0 spiro atoms. The number of aliphatic hydroxyl groups is 2. The molecular weight excluding hydrogens is 258 g/mol. The van der Waals surface area contributed by atoms with Crippen LogP contribution >= 0.6 is 12.4 Å². The predicted molar refractivity (Wildman–Crippen MR) is 69.3 cm³/mol. The van der Waals surface area contributed by atoms with Crippen molar-refractivity contribution in [2.45, 2.75) is 13.0 Å². The number of nitrogens with zero attached hydrogens (tertiary/aromatic N) is 4. The van der Waals surface area contributed by atoms with Crippen LogP contribution in [0.4, 0.5) is 5.95 Å². The predicted octanol–water partition coefficient (Wildman–Crippen LogP) is -0.179. The van der Waals surface area contributed by atoms with Crippen molar-refractivity contribution in [3.05, 3.63) is 12.5 Å². The average Bonchev–Trinajstić information content (AvgIpc) is 2.73. The van der Waals surface area contributed by atoms with Crippen molar-refractivity contribution in [1.29, 1.82) is 0 Å². The summed E-state index contributed by atoms with van der Waals surface area (Å²) in [4.78, 5) is 12.1. The number of anilines is 1. The Hall–Kier alpha value is -1.44. The lowest BCUT2D eigenvalue weighted by Gasteiger charge is -2.10. The van der Waals surface area contributed by atoms with Crippen LogP contribution in [0.2, 0.25) is 0 Å². The molecule has 2 aromatic rings. The third kappa shape index (κ3) is 3.06. The molecule has 0 atom stereocenters. The maximum atomic E-state index is 8.98. The second-order valence-electron chi connectivity index (χ2n) is 3.89. The highest BCUT2D eigenvalue weighted by molar-refractivity contribution is 5.85. The third-order valence-corrected chi connectivity index (χ3v) is 2.67. The van der Waals surface area contributed by atoms with E-state index in [1.54, 1.807) is 12.5 Å². The number of halogens is 1. The topological polar surface area (TPSA) is 110 Å². The molecule has 100 valence electrons. The fourth-order valence-corrected chi connectivity index (χ4v) is 1.59. The molecule has 7 nitrogen and oxygen atoms in total. The van der Waals surface area contributed by atoms with Gasteiger partial charge in [0.25, 0.3) is 0 Å². The molecule has 0 bridgehead atoms. The Morgan fingerprint density at radius 2 is 2.00 bits per heavy atom. The largest absolute Gasteiger partial charge is 0.396 e. The van der Waals surface area contributed by atoms with Crippen LogP contribution in [0.25, 0.3) is 11.2 Å². The molecule has 4 N–H and O–H groups in total. The summed E-state index contributed by atoms with van der Waals surface area (Å²) < 4.78 is 1.84. The van der Waals surface area contributed by atoms with Gasteiger partial charge in [0.05, 0.1) is 12.5 Å². The Kier molecular flexibility index (Phi) is 5.26. The fourth-order valence-electron chi connectivity index (χ4n) is 1.59. The summed E-state index contributed by atoms with van der Waals surface area (Å²) in [6.07, 6.45) is 3.89. The van der Waals surface area contributed by atoms with Gasteiger partial charge in [-0.2, -0.15) is 4.98 Å². The van der Waals surface area contributed by atoms with E-state index in [1.807, 2.05) is 4.57 Å². The molecule has 0 amide bonds. The number of fused-ring (bicyclic) bond motifs is 1. The molecule has 0 fully saturated rings. The summed E-state index contributed by atoms with van der Waals surface area (Å²) in [6, 6.07) is 0. The van der Waals surface area contributed by atoms with Gasteiger partial charge in [-0.1, -0.05) is 0 Å². The Labute approximate surface area is 110 Å². The van der Waals surface area contributed by atoms with Crippen molar-refractivity contribution in [3.8, 4) is 0 Å². The number of aryl methyl sites for hydroxylation is 1. The normalized spacial score (nSPS) is 10.8. The van der Waals surface area contributed by atoms with Crippen molar-refractivity contribution in [1.82, 2.24) is 19.5 Å². The lowest BCUT2D eigenvalue weighted by Crippen LogP contribution is -2.14. The highest BCUT2D eigenvalue weighted by atomic mass is 35.5. The number of imidazole rings is 1. The van der Waals surface area contributed by atoms with Gasteiger partial charge in [-0.3, -0.25) is 0 Å². The Morgan fingerprint density at radius 1 is 1.28 bits per heavy atom. The molecule has 0 radical (unpaired) electrons. The van der Waals surface area contributed by atoms with E-state index < -0.39 is 0 Å². The summed E-state index contributed by atoms with van der Waals surface area (Å²) in [7, 11) is 0. The van der Waals surface area contributed by atoms with E-state index in [9.17, 15) is 0 Å². The van der Waals surface area contributed by atoms with Gasteiger partial charge in [0, 0.05) is 25.7 Å². The number of hydrogen-bond donors (Lipinski definition) is 3. The lowest BCUT2D eigenvalue weighted by atomic mass is 10.1. The molecule has 2 aromatic heterocycles. The Balaban J connectivity index is 0.00000162. The summed E-state index contributed by atoms with van der Waals surface area (Å²) >= 11 is 0. The van der Waals surface area contributed by atoms with Crippen molar-refractivity contribution in [2.24, 2.45) is 5.92 Å². The highest BCUT2D eigenvalue weighted by Crippen LogP contribution is 2.12. The van der Waals surface area contributed by atoms with E-state index >= 15 is 0 Å². The zero-order chi connectivity index (χ0) is 12.3. The van der Waals surface area contributed by atoms with E-state index in [-0.39, 0.29) is 37.5 Å². The van der Waals surface area contributed by atoms with Crippen LogP contribution in [0.5, 0.6) is 0 Å². The summed E-state index contributed by atoms with van der Waals surface area (Å²) in [5.74, 6) is 0.0896. The van der Waals surface area contributed by atoms with Crippen molar-refractivity contribution in [3.63, 3.8) is 0 Å². The van der Waals surface area contributed by atoms with Crippen LogP contribution in [0, 0.1) is 5.92 Å². The number of nitrogen functional groups attached to an aromatic ring is 1. The standard InChI is InChI=1S/C10H15N5O2.ClH/c11-10-12-3-8-9(14-10)15(6-13-8)2-1-7(4-16)5-17;/h3,6-7,16-17H,1-2,4-5H2,(H2,11,12,14);1H. The van der Waals surface area contributed by atoms with Gasteiger partial charge in [-0.25, -0.2) is 9.97 Å². The minimum atomic E-state index is -0.119. The molecule has 2 heterocycles. The van der Waals surface area contributed by atoms with Gasteiger partial charge in [0.2, 0.25) is 5.95 Å². The molecule has 0 saturated heterocycles. The second-order valence-corrected chi connectivity index (χ2v) is 3.89. The SMILES string of the molecule is Cl.Nc1ncc2ncn(CCC(CO)CO)c2n1. The first-order chi connectivity index (χ1) is 8.24.